The first-order valence-electron chi connectivity index (χ1n) is 10.7. The smallest absolute Gasteiger partial charge is 0.256 e. The highest BCUT2D eigenvalue weighted by Crippen LogP contribution is 2.27. The number of thioether (sulfide) groups is 1. The standard InChI is InChI=1S/C24H30N2O3S/c1-2-29-21-14-8-7-13-20(21)26-24(28)19-12-6-9-15-22(19)30-17-23(27)25-16-18-10-4-3-5-11-18/h6-9,12-15,18H,2-5,10-11,16-17H2,1H3,(H,25,27)(H,26,28). The maximum Gasteiger partial charge on any atom is 0.256 e. The van der Waals surface area contributed by atoms with Gasteiger partial charge in [-0.1, -0.05) is 43.5 Å². The zero-order valence-electron chi connectivity index (χ0n) is 17.5. The fraction of sp³-hybridized carbons (Fsp3) is 0.417. The van der Waals surface area contributed by atoms with Gasteiger partial charge in [0.1, 0.15) is 5.75 Å². The van der Waals surface area contributed by atoms with Gasteiger partial charge in [0.15, 0.2) is 0 Å². The first-order valence-corrected chi connectivity index (χ1v) is 11.7. The molecule has 0 unspecified atom stereocenters. The van der Waals surface area contributed by atoms with Crippen molar-refractivity contribution in [3.63, 3.8) is 0 Å². The molecule has 0 aliphatic heterocycles. The molecule has 3 rings (SSSR count). The Kier molecular flexibility index (Phi) is 8.63. The Morgan fingerprint density at radius 2 is 1.77 bits per heavy atom. The molecular weight excluding hydrogens is 396 g/mol. The minimum atomic E-state index is -0.215. The van der Waals surface area contributed by atoms with Crippen molar-refractivity contribution in [3.8, 4) is 5.75 Å². The quantitative estimate of drug-likeness (QED) is 0.546. The van der Waals surface area contributed by atoms with Crippen LogP contribution in [0.4, 0.5) is 5.69 Å². The van der Waals surface area contributed by atoms with Crippen LogP contribution in [0.15, 0.2) is 53.4 Å². The molecule has 0 heterocycles. The number of amides is 2. The molecule has 2 amide bonds. The number of anilines is 1. The van der Waals surface area contributed by atoms with Crippen LogP contribution in [0.3, 0.4) is 0 Å². The molecule has 2 N–H and O–H groups in total. The van der Waals surface area contributed by atoms with Crippen molar-refractivity contribution in [2.24, 2.45) is 5.92 Å². The molecule has 0 saturated heterocycles. The third kappa shape index (κ3) is 6.52. The van der Waals surface area contributed by atoms with Crippen LogP contribution in [0, 0.1) is 5.92 Å². The van der Waals surface area contributed by atoms with Gasteiger partial charge in [-0.05, 0) is 49.9 Å². The van der Waals surface area contributed by atoms with Crippen molar-refractivity contribution in [1.82, 2.24) is 5.32 Å². The van der Waals surface area contributed by atoms with Crippen molar-refractivity contribution in [2.75, 3.05) is 24.2 Å². The van der Waals surface area contributed by atoms with E-state index in [4.69, 9.17) is 4.74 Å². The molecule has 0 spiro atoms. The Hall–Kier alpha value is -2.47. The molecule has 1 aliphatic rings. The van der Waals surface area contributed by atoms with E-state index < -0.39 is 0 Å². The fourth-order valence-corrected chi connectivity index (χ4v) is 4.54. The van der Waals surface area contributed by atoms with Crippen LogP contribution in [0.25, 0.3) is 0 Å². The van der Waals surface area contributed by atoms with Gasteiger partial charge in [-0.25, -0.2) is 0 Å². The third-order valence-electron chi connectivity index (χ3n) is 5.24. The van der Waals surface area contributed by atoms with Crippen LogP contribution in [0.5, 0.6) is 5.75 Å². The summed E-state index contributed by atoms with van der Waals surface area (Å²) in [7, 11) is 0. The highest BCUT2D eigenvalue weighted by atomic mass is 32.2. The summed E-state index contributed by atoms with van der Waals surface area (Å²) in [5, 5.41) is 5.99. The van der Waals surface area contributed by atoms with Crippen molar-refractivity contribution >= 4 is 29.3 Å². The Bertz CT molecular complexity index is 850. The topological polar surface area (TPSA) is 67.4 Å². The van der Waals surface area contributed by atoms with Gasteiger partial charge in [0, 0.05) is 11.4 Å². The number of rotatable bonds is 9. The second-order valence-corrected chi connectivity index (χ2v) is 8.49. The fourth-order valence-electron chi connectivity index (χ4n) is 3.66. The monoisotopic (exact) mass is 426 g/mol. The van der Waals surface area contributed by atoms with Crippen LogP contribution in [-0.2, 0) is 4.79 Å². The predicted molar refractivity (Wildman–Crippen MR) is 122 cm³/mol. The summed E-state index contributed by atoms with van der Waals surface area (Å²) >= 11 is 1.39. The number of benzene rings is 2. The summed E-state index contributed by atoms with van der Waals surface area (Å²) < 4.78 is 5.59. The lowest BCUT2D eigenvalue weighted by Crippen LogP contribution is -2.31. The molecule has 2 aromatic rings. The average Bonchev–Trinajstić information content (AvgIpc) is 2.78. The first-order chi connectivity index (χ1) is 14.7. The molecule has 0 aromatic heterocycles. The van der Waals surface area contributed by atoms with Gasteiger partial charge in [0.05, 0.1) is 23.6 Å². The number of para-hydroxylation sites is 2. The first kappa shape index (κ1) is 22.2. The van der Waals surface area contributed by atoms with E-state index in [1.807, 2.05) is 49.4 Å². The molecule has 160 valence electrons. The lowest BCUT2D eigenvalue weighted by molar-refractivity contribution is -0.118. The van der Waals surface area contributed by atoms with E-state index in [0.717, 1.165) is 11.4 Å². The van der Waals surface area contributed by atoms with E-state index in [2.05, 4.69) is 10.6 Å². The number of nitrogens with one attached hydrogen (secondary N) is 2. The summed E-state index contributed by atoms with van der Waals surface area (Å²) in [6, 6.07) is 14.7. The number of hydrogen-bond donors (Lipinski definition) is 2. The molecule has 1 saturated carbocycles. The number of carbonyl (C=O) groups excluding carboxylic acids is 2. The summed E-state index contributed by atoms with van der Waals surface area (Å²) in [5.41, 5.74) is 1.18. The van der Waals surface area contributed by atoms with Crippen molar-refractivity contribution in [3.05, 3.63) is 54.1 Å². The lowest BCUT2D eigenvalue weighted by atomic mass is 9.89. The highest BCUT2D eigenvalue weighted by molar-refractivity contribution is 8.00. The zero-order valence-corrected chi connectivity index (χ0v) is 18.3. The van der Waals surface area contributed by atoms with E-state index in [-0.39, 0.29) is 11.8 Å². The van der Waals surface area contributed by atoms with E-state index in [1.165, 1.54) is 43.9 Å². The van der Waals surface area contributed by atoms with Gasteiger partial charge in [-0.2, -0.15) is 0 Å². The van der Waals surface area contributed by atoms with Crippen molar-refractivity contribution in [1.29, 1.82) is 0 Å². The predicted octanol–water partition coefficient (Wildman–Crippen LogP) is 5.13. The maximum absolute atomic E-state index is 12.9. The van der Waals surface area contributed by atoms with E-state index in [9.17, 15) is 9.59 Å². The van der Waals surface area contributed by atoms with Crippen molar-refractivity contribution in [2.45, 2.75) is 43.9 Å². The van der Waals surface area contributed by atoms with Gasteiger partial charge < -0.3 is 15.4 Å². The molecule has 0 atom stereocenters. The number of hydrogen-bond acceptors (Lipinski definition) is 4. The summed E-state index contributed by atoms with van der Waals surface area (Å²) in [6.07, 6.45) is 6.27. The molecule has 2 aromatic carbocycles. The van der Waals surface area contributed by atoms with E-state index in [1.54, 1.807) is 6.07 Å². The van der Waals surface area contributed by atoms with Gasteiger partial charge >= 0.3 is 0 Å². The van der Waals surface area contributed by atoms with Gasteiger partial charge in [0.25, 0.3) is 5.91 Å². The molecule has 0 bridgehead atoms. The van der Waals surface area contributed by atoms with Crippen LogP contribution in [0.1, 0.15) is 49.4 Å². The van der Waals surface area contributed by atoms with Crippen LogP contribution in [0.2, 0.25) is 0 Å². The SMILES string of the molecule is CCOc1ccccc1NC(=O)c1ccccc1SCC(=O)NCC1CCCCC1. The van der Waals surface area contributed by atoms with E-state index >= 15 is 0 Å². The Labute approximate surface area is 183 Å². The largest absolute Gasteiger partial charge is 0.492 e. The number of ether oxygens (including phenoxy) is 1. The second-order valence-electron chi connectivity index (χ2n) is 7.48. The van der Waals surface area contributed by atoms with Crippen molar-refractivity contribution < 1.29 is 14.3 Å². The van der Waals surface area contributed by atoms with Crippen LogP contribution < -0.4 is 15.4 Å². The molecule has 6 heteroatoms. The minimum Gasteiger partial charge on any atom is -0.492 e. The minimum absolute atomic E-state index is 0.0162. The molecule has 0 radical (unpaired) electrons. The third-order valence-corrected chi connectivity index (χ3v) is 6.31. The van der Waals surface area contributed by atoms with Crippen LogP contribution >= 0.6 is 11.8 Å². The Balaban J connectivity index is 1.57. The summed E-state index contributed by atoms with van der Waals surface area (Å²) in [5.74, 6) is 1.35. The van der Waals surface area contributed by atoms with E-state index in [0.29, 0.717) is 35.3 Å². The molecule has 1 fully saturated rings. The second kappa shape index (κ2) is 11.6. The molecule has 1 aliphatic carbocycles. The van der Waals surface area contributed by atoms with Gasteiger partial charge in [-0.15, -0.1) is 11.8 Å². The normalized spacial score (nSPS) is 14.2. The lowest BCUT2D eigenvalue weighted by Gasteiger charge is -2.21. The Morgan fingerprint density at radius 1 is 1.03 bits per heavy atom. The summed E-state index contributed by atoms with van der Waals surface area (Å²) in [4.78, 5) is 26.0. The summed E-state index contributed by atoms with van der Waals surface area (Å²) in [6.45, 7) is 3.19. The average molecular weight is 427 g/mol. The van der Waals surface area contributed by atoms with Gasteiger partial charge in [0.2, 0.25) is 5.91 Å². The van der Waals surface area contributed by atoms with Crippen LogP contribution in [-0.4, -0.2) is 30.7 Å². The molecule has 30 heavy (non-hydrogen) atoms. The molecule has 5 nitrogen and oxygen atoms in total. The van der Waals surface area contributed by atoms with Gasteiger partial charge in [-0.3, -0.25) is 9.59 Å². The number of carbonyl (C=O) groups is 2. The Morgan fingerprint density at radius 3 is 2.57 bits per heavy atom. The zero-order chi connectivity index (χ0) is 21.2. The highest BCUT2D eigenvalue weighted by Gasteiger charge is 2.16. The maximum atomic E-state index is 12.9. The molecular formula is C24H30N2O3S.